The average molecular weight is 479 g/mol. The van der Waals surface area contributed by atoms with Crippen molar-refractivity contribution in [2.75, 3.05) is 6.61 Å². The molecule has 0 N–H and O–H groups in total. The zero-order chi connectivity index (χ0) is 23.9. The second-order valence-electron chi connectivity index (χ2n) is 7.51. The highest BCUT2D eigenvalue weighted by Gasteiger charge is 2.46. The normalized spacial score (nSPS) is 21.8. The molecule has 1 heterocycles. The molecular weight excluding hydrogens is 456 g/mol. The fourth-order valence-electron chi connectivity index (χ4n) is 3.44. The molecule has 0 unspecified atom stereocenters. The molecule has 3 aromatic rings. The zero-order valence-corrected chi connectivity index (χ0v) is 18.9. The molecule has 0 amide bonds. The number of esters is 3. The van der Waals surface area contributed by atoms with Crippen molar-refractivity contribution in [3.8, 4) is 0 Å². The van der Waals surface area contributed by atoms with Crippen LogP contribution in [0.3, 0.4) is 0 Å². The van der Waals surface area contributed by atoms with Crippen LogP contribution in [0.15, 0.2) is 91.0 Å². The van der Waals surface area contributed by atoms with Crippen molar-refractivity contribution in [3.63, 3.8) is 0 Å². The molecule has 1 fully saturated rings. The highest BCUT2D eigenvalue weighted by atomic mass is 32.1. The van der Waals surface area contributed by atoms with Gasteiger partial charge in [0.1, 0.15) is 5.44 Å². The number of carbonyl (C=O) groups excluding carboxylic acids is 3. The van der Waals surface area contributed by atoms with Crippen LogP contribution in [-0.4, -0.2) is 48.3 Å². The predicted molar refractivity (Wildman–Crippen MR) is 126 cm³/mol. The number of hydrogen-bond donors (Lipinski definition) is 1. The molecule has 4 atom stereocenters. The first-order valence-corrected chi connectivity index (χ1v) is 11.1. The van der Waals surface area contributed by atoms with Gasteiger partial charge in [0.2, 0.25) is 0 Å². The lowest BCUT2D eigenvalue weighted by Crippen LogP contribution is -2.56. The molecular formula is C26H22O7S. The summed E-state index contributed by atoms with van der Waals surface area (Å²) in [5.41, 5.74) is 0.0138. The quantitative estimate of drug-likeness (QED) is 0.326. The Labute approximate surface area is 202 Å². The molecule has 1 saturated heterocycles. The molecule has 0 saturated carbocycles. The van der Waals surface area contributed by atoms with Crippen LogP contribution in [0.2, 0.25) is 0 Å². The lowest BCUT2D eigenvalue weighted by Gasteiger charge is -2.39. The molecule has 0 radical (unpaired) electrons. The first-order valence-electron chi connectivity index (χ1n) is 10.6. The van der Waals surface area contributed by atoms with Crippen LogP contribution in [0.5, 0.6) is 0 Å². The van der Waals surface area contributed by atoms with Crippen molar-refractivity contribution in [3.05, 3.63) is 108 Å². The Hall–Kier alpha value is -3.62. The molecule has 0 spiro atoms. The molecule has 8 heteroatoms. The lowest BCUT2D eigenvalue weighted by atomic mass is 10.0. The van der Waals surface area contributed by atoms with Gasteiger partial charge in [-0.15, -0.1) is 12.6 Å². The minimum Gasteiger partial charge on any atom is -0.452 e. The van der Waals surface area contributed by atoms with Crippen LogP contribution < -0.4 is 0 Å². The van der Waals surface area contributed by atoms with Crippen LogP contribution in [0.1, 0.15) is 31.1 Å². The van der Waals surface area contributed by atoms with Crippen LogP contribution in [0.25, 0.3) is 0 Å². The van der Waals surface area contributed by atoms with Gasteiger partial charge in [0.15, 0.2) is 18.3 Å². The van der Waals surface area contributed by atoms with E-state index in [-0.39, 0.29) is 6.61 Å². The summed E-state index contributed by atoms with van der Waals surface area (Å²) in [6.07, 6.45) is -3.31. The molecule has 3 aromatic carbocycles. The van der Waals surface area contributed by atoms with E-state index in [2.05, 4.69) is 12.6 Å². The number of carbonyl (C=O) groups is 3. The van der Waals surface area contributed by atoms with Crippen molar-refractivity contribution in [1.29, 1.82) is 0 Å². The van der Waals surface area contributed by atoms with Gasteiger partial charge in [-0.2, -0.15) is 0 Å². The third-order valence-corrected chi connectivity index (χ3v) is 5.62. The summed E-state index contributed by atoms with van der Waals surface area (Å²) in [4.78, 5) is 38.3. The molecule has 174 valence electrons. The molecule has 0 bridgehead atoms. The minimum absolute atomic E-state index is 0.0983. The summed E-state index contributed by atoms with van der Waals surface area (Å²) in [6.45, 7) is -0.0983. The Morgan fingerprint density at radius 1 is 0.618 bits per heavy atom. The maximum absolute atomic E-state index is 12.9. The second-order valence-corrected chi connectivity index (χ2v) is 8.01. The van der Waals surface area contributed by atoms with Crippen LogP contribution in [0.4, 0.5) is 0 Å². The fraction of sp³-hybridized carbons (Fsp3) is 0.192. The van der Waals surface area contributed by atoms with Gasteiger partial charge in [0.25, 0.3) is 0 Å². The summed E-state index contributed by atoms with van der Waals surface area (Å²) >= 11 is 4.38. The van der Waals surface area contributed by atoms with E-state index in [0.717, 1.165) is 0 Å². The van der Waals surface area contributed by atoms with Gasteiger partial charge in [0, 0.05) is 0 Å². The van der Waals surface area contributed by atoms with E-state index in [1.807, 2.05) is 0 Å². The fourth-order valence-corrected chi connectivity index (χ4v) is 3.75. The molecule has 4 rings (SSSR count). The monoisotopic (exact) mass is 478 g/mol. The van der Waals surface area contributed by atoms with E-state index in [1.54, 1.807) is 91.0 Å². The maximum atomic E-state index is 12.9. The smallest absolute Gasteiger partial charge is 0.338 e. The van der Waals surface area contributed by atoms with E-state index in [1.165, 1.54) is 0 Å². The molecule has 34 heavy (non-hydrogen) atoms. The van der Waals surface area contributed by atoms with Gasteiger partial charge in [0.05, 0.1) is 23.3 Å². The van der Waals surface area contributed by atoms with Crippen LogP contribution in [0, 0.1) is 0 Å². The van der Waals surface area contributed by atoms with E-state index in [9.17, 15) is 14.4 Å². The third-order valence-electron chi connectivity index (χ3n) is 5.18. The first kappa shape index (κ1) is 23.5. The van der Waals surface area contributed by atoms with Gasteiger partial charge in [-0.25, -0.2) is 14.4 Å². The predicted octanol–water partition coefficient (Wildman–Crippen LogP) is 3.95. The zero-order valence-electron chi connectivity index (χ0n) is 18.0. The topological polar surface area (TPSA) is 88.1 Å². The second kappa shape index (κ2) is 11.0. The van der Waals surface area contributed by atoms with E-state index >= 15 is 0 Å². The van der Waals surface area contributed by atoms with Crippen molar-refractivity contribution in [2.24, 2.45) is 0 Å². The number of benzene rings is 3. The Morgan fingerprint density at radius 3 is 1.44 bits per heavy atom. The van der Waals surface area contributed by atoms with Crippen LogP contribution >= 0.6 is 12.6 Å². The number of rotatable bonds is 6. The summed E-state index contributed by atoms with van der Waals surface area (Å²) in [5, 5.41) is 0. The van der Waals surface area contributed by atoms with Crippen molar-refractivity contribution in [1.82, 2.24) is 0 Å². The number of hydrogen-bond acceptors (Lipinski definition) is 8. The highest BCUT2D eigenvalue weighted by Crippen LogP contribution is 2.28. The molecule has 0 aliphatic carbocycles. The van der Waals surface area contributed by atoms with Gasteiger partial charge in [-0.05, 0) is 36.4 Å². The van der Waals surface area contributed by atoms with E-state index in [0.29, 0.717) is 16.7 Å². The van der Waals surface area contributed by atoms with Crippen LogP contribution in [-0.2, 0) is 18.9 Å². The maximum Gasteiger partial charge on any atom is 0.338 e. The van der Waals surface area contributed by atoms with E-state index < -0.39 is 41.7 Å². The largest absolute Gasteiger partial charge is 0.452 e. The summed E-state index contributed by atoms with van der Waals surface area (Å²) in [7, 11) is 0. The lowest BCUT2D eigenvalue weighted by molar-refractivity contribution is -0.167. The Bertz CT molecular complexity index is 1120. The summed E-state index contributed by atoms with van der Waals surface area (Å²) < 4.78 is 22.6. The van der Waals surface area contributed by atoms with Crippen molar-refractivity contribution in [2.45, 2.75) is 23.7 Å². The summed E-state index contributed by atoms with van der Waals surface area (Å²) in [5.74, 6) is -1.93. The van der Waals surface area contributed by atoms with Gasteiger partial charge in [-0.3, -0.25) is 0 Å². The Morgan fingerprint density at radius 2 is 1.00 bits per heavy atom. The number of ether oxygens (including phenoxy) is 4. The van der Waals surface area contributed by atoms with Gasteiger partial charge >= 0.3 is 17.9 Å². The standard InChI is InChI=1S/C26H22O7S/c27-23(17-10-4-1-5-11-17)31-20-16-30-26(34)22(33-25(29)19-14-8-3-9-15-19)21(20)32-24(28)18-12-6-2-7-13-18/h1-15,20-22,26,34H,16H2/t20-,21+,22-,26+/m1/s1. The number of thiol groups is 1. The van der Waals surface area contributed by atoms with Gasteiger partial charge < -0.3 is 18.9 Å². The van der Waals surface area contributed by atoms with Gasteiger partial charge in [-0.1, -0.05) is 54.6 Å². The molecule has 1 aliphatic rings. The molecule has 7 nitrogen and oxygen atoms in total. The highest BCUT2D eigenvalue weighted by molar-refractivity contribution is 7.80. The van der Waals surface area contributed by atoms with E-state index in [4.69, 9.17) is 18.9 Å². The first-order chi connectivity index (χ1) is 16.5. The van der Waals surface area contributed by atoms with Crippen molar-refractivity contribution < 1.29 is 33.3 Å². The molecule has 1 aliphatic heterocycles. The Kier molecular flexibility index (Phi) is 7.61. The summed E-state index contributed by atoms with van der Waals surface area (Å²) in [6, 6.07) is 25.1. The molecule has 0 aromatic heterocycles. The SMILES string of the molecule is O=C(O[C@@H]1[C@@H](OC(=O)c2ccccc2)[C@H](OC(=O)c2ccccc2)CO[C@H]1S)c1ccccc1. The Balaban J connectivity index is 1.59. The third kappa shape index (κ3) is 5.65. The average Bonchev–Trinajstić information content (AvgIpc) is 2.89. The minimum atomic E-state index is -1.15. The van der Waals surface area contributed by atoms with Crippen molar-refractivity contribution >= 4 is 30.5 Å².